The summed E-state index contributed by atoms with van der Waals surface area (Å²) in [6, 6.07) is 7.64. The number of carbonyl (C=O) groups is 2. The quantitative estimate of drug-likeness (QED) is 0.903. The minimum atomic E-state index is -0.449. The van der Waals surface area contributed by atoms with Crippen molar-refractivity contribution in [3.05, 3.63) is 29.8 Å². The smallest absolute Gasteiger partial charge is 0.254 e. The van der Waals surface area contributed by atoms with Crippen molar-refractivity contribution >= 4 is 17.5 Å². The number of hydrogen-bond donors (Lipinski definition) is 1. The first-order chi connectivity index (χ1) is 11.1. The van der Waals surface area contributed by atoms with Gasteiger partial charge in [0.1, 0.15) is 6.10 Å². The Bertz CT molecular complexity index is 590. The number of likely N-dealkylation sites (N-methyl/N-ethyl adjacent to an activating group) is 1. The Kier molecular flexibility index (Phi) is 4.93. The third kappa shape index (κ3) is 3.89. The van der Waals surface area contributed by atoms with Crippen LogP contribution in [0.4, 0.5) is 5.69 Å². The number of nitrogens with one attached hydrogen (secondary N) is 1. The molecular formula is C17H23N3O3. The first-order valence-corrected chi connectivity index (χ1v) is 8.10. The molecule has 1 N–H and O–H groups in total. The zero-order valence-corrected chi connectivity index (χ0v) is 13.5. The Hall–Kier alpha value is -1.92. The van der Waals surface area contributed by atoms with Crippen molar-refractivity contribution < 1.29 is 14.3 Å². The molecule has 2 heterocycles. The largest absolute Gasteiger partial charge is 0.366 e. The van der Waals surface area contributed by atoms with Crippen molar-refractivity contribution in [2.45, 2.75) is 25.5 Å². The summed E-state index contributed by atoms with van der Waals surface area (Å²) in [6.45, 7) is 3.34. The molecule has 0 aromatic heterocycles. The number of likely N-dealkylation sites (tertiary alicyclic amines) is 1. The van der Waals surface area contributed by atoms with E-state index >= 15 is 0 Å². The number of ether oxygens (including phenoxy) is 1. The van der Waals surface area contributed by atoms with Crippen molar-refractivity contribution in [3.8, 4) is 0 Å². The maximum atomic E-state index is 12.4. The van der Waals surface area contributed by atoms with Crippen LogP contribution in [0.2, 0.25) is 0 Å². The molecular weight excluding hydrogens is 294 g/mol. The fraction of sp³-hybridized carbons (Fsp3) is 0.529. The second-order valence-electron chi connectivity index (χ2n) is 6.19. The van der Waals surface area contributed by atoms with E-state index in [4.69, 9.17) is 4.74 Å². The molecule has 2 fully saturated rings. The van der Waals surface area contributed by atoms with E-state index in [-0.39, 0.29) is 11.8 Å². The predicted molar refractivity (Wildman–Crippen MR) is 87.0 cm³/mol. The summed E-state index contributed by atoms with van der Waals surface area (Å²) in [4.78, 5) is 28.2. The summed E-state index contributed by atoms with van der Waals surface area (Å²) in [5, 5.41) is 2.96. The molecule has 6 nitrogen and oxygen atoms in total. The number of hydrogen-bond acceptors (Lipinski definition) is 4. The third-order valence-corrected chi connectivity index (χ3v) is 4.37. The number of carbonyl (C=O) groups excluding carboxylic acids is 2. The van der Waals surface area contributed by atoms with Crippen LogP contribution in [0.25, 0.3) is 0 Å². The number of benzene rings is 1. The van der Waals surface area contributed by atoms with Gasteiger partial charge < -0.3 is 19.9 Å². The van der Waals surface area contributed by atoms with Crippen molar-refractivity contribution in [3.63, 3.8) is 0 Å². The lowest BCUT2D eigenvalue weighted by molar-refractivity contribution is -0.132. The molecule has 6 heteroatoms. The van der Waals surface area contributed by atoms with Gasteiger partial charge in [-0.3, -0.25) is 9.59 Å². The molecule has 124 valence electrons. The van der Waals surface area contributed by atoms with E-state index in [1.165, 1.54) is 0 Å². The van der Waals surface area contributed by atoms with E-state index in [0.717, 1.165) is 30.8 Å². The molecule has 2 aliphatic rings. The van der Waals surface area contributed by atoms with Crippen LogP contribution in [0.3, 0.4) is 0 Å². The Morgan fingerprint density at radius 3 is 2.91 bits per heavy atom. The summed E-state index contributed by atoms with van der Waals surface area (Å²) >= 11 is 0. The van der Waals surface area contributed by atoms with Crippen molar-refractivity contribution in [2.24, 2.45) is 0 Å². The maximum absolute atomic E-state index is 12.4. The molecule has 3 rings (SSSR count). The summed E-state index contributed by atoms with van der Waals surface area (Å²) in [7, 11) is 1.98. The normalized spacial score (nSPS) is 22.4. The van der Waals surface area contributed by atoms with Crippen LogP contribution < -0.4 is 5.32 Å². The number of para-hydroxylation sites is 1. The van der Waals surface area contributed by atoms with Gasteiger partial charge in [0.05, 0.1) is 6.61 Å². The minimum Gasteiger partial charge on any atom is -0.366 e. The van der Waals surface area contributed by atoms with Crippen LogP contribution in [0.5, 0.6) is 0 Å². The van der Waals surface area contributed by atoms with Gasteiger partial charge >= 0.3 is 0 Å². The van der Waals surface area contributed by atoms with E-state index < -0.39 is 6.10 Å². The molecule has 0 bridgehead atoms. The fourth-order valence-corrected chi connectivity index (χ4v) is 3.01. The van der Waals surface area contributed by atoms with Gasteiger partial charge in [0.2, 0.25) is 5.91 Å². The summed E-state index contributed by atoms with van der Waals surface area (Å²) in [6.07, 6.45) is 1.09. The molecule has 1 atom stereocenters. The SMILES string of the molecule is CN1CCOC(C(=O)Nc2ccccc2CN2CCCC2=O)C1. The van der Waals surface area contributed by atoms with Crippen molar-refractivity contribution in [2.75, 3.05) is 38.6 Å². The fourth-order valence-electron chi connectivity index (χ4n) is 3.01. The number of amides is 2. The second-order valence-corrected chi connectivity index (χ2v) is 6.19. The third-order valence-electron chi connectivity index (χ3n) is 4.37. The molecule has 2 aliphatic heterocycles. The van der Waals surface area contributed by atoms with E-state index in [9.17, 15) is 9.59 Å². The lowest BCUT2D eigenvalue weighted by Crippen LogP contribution is -2.46. The van der Waals surface area contributed by atoms with Gasteiger partial charge in [-0.1, -0.05) is 18.2 Å². The topological polar surface area (TPSA) is 61.9 Å². The Labute approximate surface area is 136 Å². The summed E-state index contributed by atoms with van der Waals surface area (Å²) in [5.74, 6) is 0.0557. The Morgan fingerprint density at radius 1 is 1.35 bits per heavy atom. The molecule has 1 unspecified atom stereocenters. The lowest BCUT2D eigenvalue weighted by atomic mass is 10.1. The zero-order valence-electron chi connectivity index (χ0n) is 13.5. The van der Waals surface area contributed by atoms with Gasteiger partial charge in [-0.25, -0.2) is 0 Å². The molecule has 0 spiro atoms. The molecule has 0 radical (unpaired) electrons. The molecule has 0 saturated carbocycles. The highest BCUT2D eigenvalue weighted by molar-refractivity contribution is 5.95. The average molecular weight is 317 g/mol. The zero-order chi connectivity index (χ0) is 16.2. The highest BCUT2D eigenvalue weighted by Gasteiger charge is 2.26. The summed E-state index contributed by atoms with van der Waals surface area (Å²) in [5.41, 5.74) is 1.72. The predicted octanol–water partition coefficient (Wildman–Crippen LogP) is 1.08. The Morgan fingerprint density at radius 2 is 2.17 bits per heavy atom. The van der Waals surface area contributed by atoms with Gasteiger partial charge in [-0.05, 0) is 25.1 Å². The molecule has 0 aliphatic carbocycles. The van der Waals surface area contributed by atoms with Gasteiger partial charge in [-0.2, -0.15) is 0 Å². The van der Waals surface area contributed by atoms with Gasteiger partial charge in [0.25, 0.3) is 5.91 Å². The highest BCUT2D eigenvalue weighted by atomic mass is 16.5. The number of nitrogens with zero attached hydrogens (tertiary/aromatic N) is 2. The monoisotopic (exact) mass is 317 g/mol. The van der Waals surface area contributed by atoms with Crippen LogP contribution in [0.1, 0.15) is 18.4 Å². The van der Waals surface area contributed by atoms with Gasteiger partial charge in [0.15, 0.2) is 0 Å². The van der Waals surface area contributed by atoms with E-state index in [1.807, 2.05) is 36.2 Å². The second kappa shape index (κ2) is 7.10. The molecule has 1 aromatic rings. The maximum Gasteiger partial charge on any atom is 0.254 e. The molecule has 2 saturated heterocycles. The van der Waals surface area contributed by atoms with Crippen LogP contribution in [0.15, 0.2) is 24.3 Å². The molecule has 1 aromatic carbocycles. The number of anilines is 1. The lowest BCUT2D eigenvalue weighted by Gasteiger charge is -2.29. The van der Waals surface area contributed by atoms with Crippen LogP contribution >= 0.6 is 0 Å². The van der Waals surface area contributed by atoms with E-state index in [0.29, 0.717) is 26.1 Å². The van der Waals surface area contributed by atoms with E-state index in [1.54, 1.807) is 0 Å². The number of rotatable bonds is 4. The van der Waals surface area contributed by atoms with Crippen LogP contribution in [-0.4, -0.2) is 61.0 Å². The van der Waals surface area contributed by atoms with Crippen LogP contribution in [0, 0.1) is 0 Å². The van der Waals surface area contributed by atoms with E-state index in [2.05, 4.69) is 10.2 Å². The van der Waals surface area contributed by atoms with Crippen molar-refractivity contribution in [1.82, 2.24) is 9.80 Å². The van der Waals surface area contributed by atoms with Gasteiger partial charge in [-0.15, -0.1) is 0 Å². The average Bonchev–Trinajstić information content (AvgIpc) is 2.94. The standard InChI is InChI=1S/C17H23N3O3/c1-19-9-10-23-15(12-19)17(22)18-14-6-3-2-5-13(14)11-20-8-4-7-16(20)21/h2-3,5-6,15H,4,7-12H2,1H3,(H,18,22). The van der Waals surface area contributed by atoms with Crippen molar-refractivity contribution in [1.29, 1.82) is 0 Å². The Balaban J connectivity index is 1.67. The minimum absolute atomic E-state index is 0.128. The first kappa shape index (κ1) is 16.0. The number of morpholine rings is 1. The molecule has 23 heavy (non-hydrogen) atoms. The molecule has 2 amide bonds. The van der Waals surface area contributed by atoms with Gasteiger partial charge in [0, 0.05) is 38.3 Å². The summed E-state index contributed by atoms with van der Waals surface area (Å²) < 4.78 is 5.55. The first-order valence-electron chi connectivity index (χ1n) is 8.10. The van der Waals surface area contributed by atoms with Crippen LogP contribution in [-0.2, 0) is 20.9 Å². The highest BCUT2D eigenvalue weighted by Crippen LogP contribution is 2.21.